The molecule has 0 saturated carbocycles. The van der Waals surface area contributed by atoms with Gasteiger partial charge in [0.25, 0.3) is 0 Å². The van der Waals surface area contributed by atoms with Crippen LogP contribution < -0.4 is 5.73 Å². The van der Waals surface area contributed by atoms with E-state index in [1.807, 2.05) is 13.8 Å². The second-order valence-electron chi connectivity index (χ2n) is 4.93. The smallest absolute Gasteiger partial charge is 0.346 e. The second-order valence-corrected chi connectivity index (χ2v) is 7.23. The van der Waals surface area contributed by atoms with Crippen molar-refractivity contribution in [3.8, 4) is 0 Å². The maximum Gasteiger partial charge on any atom is 0.346 e. The Morgan fingerprint density at radius 2 is 1.88 bits per heavy atom. The number of aliphatic imine (C=N–C) groups is 1. The van der Waals surface area contributed by atoms with Gasteiger partial charge in [-0.3, -0.25) is 0 Å². The van der Waals surface area contributed by atoms with Crippen LogP contribution in [-0.2, 0) is 9.84 Å². The zero-order valence-electron chi connectivity index (χ0n) is 10.0. The number of rotatable bonds is 1. The Kier molecular flexibility index (Phi) is 2.68. The summed E-state index contributed by atoms with van der Waals surface area (Å²) in [5.41, 5.74) is 5.17. The van der Waals surface area contributed by atoms with E-state index in [1.165, 1.54) is 0 Å². The lowest BCUT2D eigenvalue weighted by molar-refractivity contribution is 0.139. The van der Waals surface area contributed by atoms with E-state index in [-0.39, 0.29) is 29.4 Å². The highest BCUT2D eigenvalue weighted by atomic mass is 32.2. The number of sulfone groups is 1. The van der Waals surface area contributed by atoms with Crippen molar-refractivity contribution in [3.05, 3.63) is 0 Å². The van der Waals surface area contributed by atoms with Crippen molar-refractivity contribution in [2.24, 2.45) is 10.7 Å². The lowest BCUT2D eigenvalue weighted by Crippen LogP contribution is -2.60. The number of nitrogens with zero attached hydrogens (tertiary/aromatic N) is 2. The fourth-order valence-corrected chi connectivity index (χ4v) is 4.16. The minimum atomic E-state index is -2.98. The summed E-state index contributed by atoms with van der Waals surface area (Å²) in [5.74, 6) is 0.408. The summed E-state index contributed by atoms with van der Waals surface area (Å²) < 4.78 is 22.9. The summed E-state index contributed by atoms with van der Waals surface area (Å²) in [6.45, 7) is 3.77. The van der Waals surface area contributed by atoms with E-state index in [9.17, 15) is 13.2 Å². The Bertz CT molecular complexity index is 467. The van der Waals surface area contributed by atoms with Gasteiger partial charge >= 0.3 is 6.03 Å². The molecular formula is C10H17N3O3S. The van der Waals surface area contributed by atoms with E-state index in [0.717, 1.165) is 0 Å². The molecule has 2 aliphatic rings. The molecule has 0 aliphatic carbocycles. The van der Waals surface area contributed by atoms with E-state index in [0.29, 0.717) is 12.8 Å². The molecule has 2 rings (SSSR count). The Morgan fingerprint density at radius 3 is 2.35 bits per heavy atom. The quantitative estimate of drug-likeness (QED) is 0.724. The van der Waals surface area contributed by atoms with Crippen LogP contribution in [0.25, 0.3) is 0 Å². The fraction of sp³-hybridized carbons (Fsp3) is 0.800. The van der Waals surface area contributed by atoms with E-state index < -0.39 is 15.4 Å². The third-order valence-corrected chi connectivity index (χ3v) is 5.18. The van der Waals surface area contributed by atoms with Gasteiger partial charge in [-0.25, -0.2) is 13.2 Å². The van der Waals surface area contributed by atoms with Crippen LogP contribution in [0.5, 0.6) is 0 Å². The summed E-state index contributed by atoms with van der Waals surface area (Å²) >= 11 is 0. The molecule has 2 aliphatic heterocycles. The van der Waals surface area contributed by atoms with Gasteiger partial charge in [0.2, 0.25) is 0 Å². The van der Waals surface area contributed by atoms with Gasteiger partial charge in [-0.1, -0.05) is 0 Å². The van der Waals surface area contributed by atoms with Gasteiger partial charge in [0.15, 0.2) is 9.84 Å². The van der Waals surface area contributed by atoms with Crippen LogP contribution in [0.4, 0.5) is 4.79 Å². The summed E-state index contributed by atoms with van der Waals surface area (Å²) in [6, 6.07) is -0.384. The van der Waals surface area contributed by atoms with Gasteiger partial charge in [-0.2, -0.15) is 4.99 Å². The molecule has 17 heavy (non-hydrogen) atoms. The summed E-state index contributed by atoms with van der Waals surface area (Å²) in [7, 11) is -2.98. The number of amides is 2. The molecule has 0 atom stereocenters. The molecule has 96 valence electrons. The van der Waals surface area contributed by atoms with Crippen LogP contribution in [0.2, 0.25) is 0 Å². The molecule has 1 spiro atoms. The van der Waals surface area contributed by atoms with Gasteiger partial charge in [0.1, 0.15) is 11.4 Å². The average Bonchev–Trinajstić information content (AvgIpc) is 2.44. The van der Waals surface area contributed by atoms with Crippen LogP contribution in [0.3, 0.4) is 0 Å². The zero-order chi connectivity index (χ0) is 12.8. The van der Waals surface area contributed by atoms with E-state index >= 15 is 0 Å². The Morgan fingerprint density at radius 1 is 1.35 bits per heavy atom. The molecule has 1 fully saturated rings. The van der Waals surface area contributed by atoms with E-state index in [4.69, 9.17) is 5.73 Å². The van der Waals surface area contributed by atoms with Crippen LogP contribution in [0.1, 0.15) is 26.7 Å². The lowest BCUT2D eigenvalue weighted by Gasteiger charge is -2.42. The third-order valence-electron chi connectivity index (χ3n) is 3.53. The molecule has 7 heteroatoms. The predicted molar refractivity (Wildman–Crippen MR) is 64.6 cm³/mol. The summed E-state index contributed by atoms with van der Waals surface area (Å²) in [4.78, 5) is 17.2. The number of amidine groups is 1. The van der Waals surface area contributed by atoms with Gasteiger partial charge in [0.05, 0.1) is 11.5 Å². The average molecular weight is 259 g/mol. The Labute approximate surface area is 101 Å². The first-order chi connectivity index (χ1) is 7.78. The maximum absolute atomic E-state index is 11.8. The molecule has 1 saturated heterocycles. The topological polar surface area (TPSA) is 92.8 Å². The van der Waals surface area contributed by atoms with Crippen molar-refractivity contribution < 1.29 is 13.2 Å². The van der Waals surface area contributed by atoms with Crippen molar-refractivity contribution in [1.29, 1.82) is 0 Å². The number of nitrogens with two attached hydrogens (primary N) is 1. The largest absolute Gasteiger partial charge is 0.385 e. The van der Waals surface area contributed by atoms with E-state index in [1.54, 1.807) is 4.90 Å². The predicted octanol–water partition coefficient (Wildman–Crippen LogP) is 0.135. The number of carbonyl (C=O) groups excluding carboxylic acids is 1. The van der Waals surface area contributed by atoms with Gasteiger partial charge in [-0.05, 0) is 26.7 Å². The van der Waals surface area contributed by atoms with Gasteiger partial charge in [-0.15, -0.1) is 0 Å². The molecule has 0 aromatic heterocycles. The SMILES string of the molecule is CC(C)N1C(=O)N=C(N)C12CCS(=O)(=O)CC2. The molecule has 2 amide bonds. The van der Waals surface area contributed by atoms with Crippen molar-refractivity contribution in [2.45, 2.75) is 38.3 Å². The Hall–Kier alpha value is -1.11. The van der Waals surface area contributed by atoms with Crippen LogP contribution in [0.15, 0.2) is 4.99 Å². The van der Waals surface area contributed by atoms with Crippen molar-refractivity contribution in [1.82, 2.24) is 4.90 Å². The highest BCUT2D eigenvalue weighted by Gasteiger charge is 2.52. The first kappa shape index (κ1) is 12.3. The van der Waals surface area contributed by atoms with Crippen LogP contribution in [-0.4, -0.2) is 48.3 Å². The summed E-state index contributed by atoms with van der Waals surface area (Å²) in [6.07, 6.45) is 0.711. The molecule has 2 heterocycles. The minimum absolute atomic E-state index is 0.0342. The molecule has 0 aromatic carbocycles. The van der Waals surface area contributed by atoms with Crippen molar-refractivity contribution in [3.63, 3.8) is 0 Å². The number of hydrogen-bond acceptors (Lipinski definition) is 4. The fourth-order valence-electron chi connectivity index (χ4n) is 2.66. The first-order valence-electron chi connectivity index (χ1n) is 5.67. The van der Waals surface area contributed by atoms with Gasteiger partial charge < -0.3 is 10.6 Å². The molecule has 6 nitrogen and oxygen atoms in total. The van der Waals surface area contributed by atoms with Crippen molar-refractivity contribution >= 4 is 21.7 Å². The number of hydrogen-bond donors (Lipinski definition) is 1. The first-order valence-corrected chi connectivity index (χ1v) is 7.49. The number of carbonyl (C=O) groups is 1. The molecular weight excluding hydrogens is 242 g/mol. The maximum atomic E-state index is 11.8. The van der Waals surface area contributed by atoms with Crippen molar-refractivity contribution in [2.75, 3.05) is 11.5 Å². The normalized spacial score (nSPS) is 26.6. The highest BCUT2D eigenvalue weighted by Crippen LogP contribution is 2.36. The highest BCUT2D eigenvalue weighted by molar-refractivity contribution is 7.91. The molecule has 0 aromatic rings. The van der Waals surface area contributed by atoms with Gasteiger partial charge in [0, 0.05) is 6.04 Å². The summed E-state index contributed by atoms with van der Waals surface area (Å²) in [5, 5.41) is 0. The second kappa shape index (κ2) is 3.69. The molecule has 0 unspecified atom stereocenters. The standard InChI is InChI=1S/C10H17N3O3S/c1-7(2)13-9(14)12-8(11)10(13)3-5-17(15,16)6-4-10/h7H,3-6H2,1-2H3,(H2,11,12,14). The number of urea groups is 1. The zero-order valence-corrected chi connectivity index (χ0v) is 10.8. The minimum Gasteiger partial charge on any atom is -0.385 e. The molecule has 0 bridgehead atoms. The third kappa shape index (κ3) is 1.82. The van der Waals surface area contributed by atoms with Crippen LogP contribution >= 0.6 is 0 Å². The lowest BCUT2D eigenvalue weighted by atomic mass is 9.89. The molecule has 0 radical (unpaired) electrons. The Balaban J connectivity index is 2.36. The molecule has 2 N–H and O–H groups in total. The monoisotopic (exact) mass is 259 g/mol. The van der Waals surface area contributed by atoms with Crippen LogP contribution in [0, 0.1) is 0 Å². The van der Waals surface area contributed by atoms with E-state index in [2.05, 4.69) is 4.99 Å².